The Morgan fingerprint density at radius 3 is 2.83 bits per heavy atom. The average molecular weight is 251 g/mol. The van der Waals surface area contributed by atoms with E-state index in [0.29, 0.717) is 18.7 Å². The lowest BCUT2D eigenvalue weighted by molar-refractivity contribution is -0.384. The molecule has 0 spiro atoms. The van der Waals surface area contributed by atoms with Crippen molar-refractivity contribution in [2.24, 2.45) is 5.73 Å². The highest BCUT2D eigenvalue weighted by Crippen LogP contribution is 2.27. The van der Waals surface area contributed by atoms with E-state index in [4.69, 9.17) is 10.8 Å². The van der Waals surface area contributed by atoms with Crippen LogP contribution in [0.15, 0.2) is 24.3 Å². The molecule has 7 nitrogen and oxygen atoms in total. The van der Waals surface area contributed by atoms with Crippen LogP contribution in [0.3, 0.4) is 0 Å². The number of hydrogen-bond donors (Lipinski definition) is 2. The number of carboxylic acid groups (broad SMARTS) is 1. The molecule has 0 amide bonds. The number of carbonyl (C=O) groups is 1. The zero-order valence-corrected chi connectivity index (χ0v) is 9.57. The van der Waals surface area contributed by atoms with Gasteiger partial charge in [-0.25, -0.2) is 0 Å². The molecule has 0 aromatic heterocycles. The Kier molecular flexibility index (Phi) is 2.92. The highest BCUT2D eigenvalue weighted by atomic mass is 16.6. The molecule has 7 heteroatoms. The van der Waals surface area contributed by atoms with Crippen molar-refractivity contribution in [2.75, 3.05) is 18.0 Å². The maximum absolute atomic E-state index is 11.0. The number of nitro benzene ring substituents is 1. The molecule has 1 heterocycles. The molecule has 1 saturated heterocycles. The van der Waals surface area contributed by atoms with Gasteiger partial charge in [0.25, 0.3) is 5.69 Å². The Hall–Kier alpha value is -2.15. The van der Waals surface area contributed by atoms with Gasteiger partial charge in [-0.05, 0) is 12.5 Å². The summed E-state index contributed by atoms with van der Waals surface area (Å²) in [4.78, 5) is 23.0. The van der Waals surface area contributed by atoms with Crippen LogP contribution in [0.5, 0.6) is 0 Å². The number of carboxylic acids is 1. The van der Waals surface area contributed by atoms with E-state index < -0.39 is 16.4 Å². The predicted molar refractivity (Wildman–Crippen MR) is 64.5 cm³/mol. The lowest BCUT2D eigenvalue weighted by Gasteiger charge is -2.21. The van der Waals surface area contributed by atoms with Crippen LogP contribution in [0.2, 0.25) is 0 Å². The van der Waals surface area contributed by atoms with Gasteiger partial charge in [0.2, 0.25) is 0 Å². The molecular weight excluding hydrogens is 238 g/mol. The van der Waals surface area contributed by atoms with Crippen molar-refractivity contribution in [3.8, 4) is 0 Å². The van der Waals surface area contributed by atoms with Gasteiger partial charge >= 0.3 is 5.97 Å². The largest absolute Gasteiger partial charge is 0.480 e. The summed E-state index contributed by atoms with van der Waals surface area (Å²) in [6.07, 6.45) is 0.324. The summed E-state index contributed by atoms with van der Waals surface area (Å²) < 4.78 is 0. The molecule has 3 N–H and O–H groups in total. The summed E-state index contributed by atoms with van der Waals surface area (Å²) in [7, 11) is 0. The van der Waals surface area contributed by atoms with Crippen molar-refractivity contribution in [1.82, 2.24) is 0 Å². The first kappa shape index (κ1) is 12.3. The lowest BCUT2D eigenvalue weighted by Crippen LogP contribution is -2.50. The van der Waals surface area contributed by atoms with Gasteiger partial charge in [-0.2, -0.15) is 0 Å². The lowest BCUT2D eigenvalue weighted by atomic mass is 10.0. The van der Waals surface area contributed by atoms with E-state index in [1.807, 2.05) is 0 Å². The first-order valence-electron chi connectivity index (χ1n) is 5.44. The average Bonchev–Trinajstić information content (AvgIpc) is 2.73. The summed E-state index contributed by atoms with van der Waals surface area (Å²) in [6.45, 7) is 0.632. The van der Waals surface area contributed by atoms with Gasteiger partial charge in [-0.3, -0.25) is 14.9 Å². The Morgan fingerprint density at radius 1 is 1.56 bits per heavy atom. The zero-order valence-electron chi connectivity index (χ0n) is 9.57. The first-order chi connectivity index (χ1) is 8.42. The molecule has 0 aliphatic carbocycles. The van der Waals surface area contributed by atoms with Crippen molar-refractivity contribution in [3.63, 3.8) is 0 Å². The molecule has 1 aromatic carbocycles. The van der Waals surface area contributed by atoms with Crippen LogP contribution in [0.4, 0.5) is 11.4 Å². The Bertz CT molecular complexity index is 505. The highest BCUT2D eigenvalue weighted by molar-refractivity contribution is 5.80. The minimum absolute atomic E-state index is 0.0163. The fourth-order valence-corrected chi connectivity index (χ4v) is 2.03. The van der Waals surface area contributed by atoms with Crippen LogP contribution in [0.1, 0.15) is 6.42 Å². The Morgan fingerprint density at radius 2 is 2.28 bits per heavy atom. The van der Waals surface area contributed by atoms with Gasteiger partial charge in [-0.1, -0.05) is 6.07 Å². The predicted octanol–water partition coefficient (Wildman–Crippen LogP) is 0.587. The third kappa shape index (κ3) is 2.12. The van der Waals surface area contributed by atoms with Crippen LogP contribution in [-0.2, 0) is 4.79 Å². The number of anilines is 1. The van der Waals surface area contributed by atoms with Gasteiger partial charge in [-0.15, -0.1) is 0 Å². The van der Waals surface area contributed by atoms with E-state index in [1.165, 1.54) is 12.1 Å². The second kappa shape index (κ2) is 4.26. The summed E-state index contributed by atoms with van der Waals surface area (Å²) in [5.74, 6) is -1.05. The van der Waals surface area contributed by atoms with Crippen molar-refractivity contribution >= 4 is 17.3 Å². The number of non-ortho nitro benzene ring substituents is 1. The standard InChI is InChI=1S/C11H13N3O4/c12-11(10(15)16)4-5-13(7-11)8-2-1-3-9(6-8)14(17)18/h1-3,6H,4-5,7,12H2,(H,15,16). The van der Waals surface area contributed by atoms with E-state index >= 15 is 0 Å². The maximum Gasteiger partial charge on any atom is 0.325 e. The maximum atomic E-state index is 11.0. The Balaban J connectivity index is 2.22. The van der Waals surface area contributed by atoms with Crippen LogP contribution in [-0.4, -0.2) is 34.6 Å². The van der Waals surface area contributed by atoms with Crippen LogP contribution >= 0.6 is 0 Å². The molecule has 1 unspecified atom stereocenters. The fraction of sp³-hybridized carbons (Fsp3) is 0.364. The summed E-state index contributed by atoms with van der Waals surface area (Å²) in [5, 5.41) is 19.7. The third-order valence-corrected chi connectivity index (χ3v) is 3.13. The second-order valence-electron chi connectivity index (χ2n) is 4.41. The van der Waals surface area contributed by atoms with E-state index in [-0.39, 0.29) is 12.2 Å². The normalized spacial score (nSPS) is 23.1. The molecule has 1 fully saturated rings. The molecule has 1 aliphatic heterocycles. The fourth-order valence-electron chi connectivity index (χ4n) is 2.03. The van der Waals surface area contributed by atoms with Crippen LogP contribution in [0, 0.1) is 10.1 Å². The van der Waals surface area contributed by atoms with E-state index in [2.05, 4.69) is 0 Å². The molecule has 1 aliphatic rings. The monoisotopic (exact) mass is 251 g/mol. The minimum Gasteiger partial charge on any atom is -0.480 e. The summed E-state index contributed by atoms with van der Waals surface area (Å²) >= 11 is 0. The quantitative estimate of drug-likeness (QED) is 0.601. The molecule has 1 atom stereocenters. The first-order valence-corrected chi connectivity index (χ1v) is 5.44. The number of rotatable bonds is 3. The summed E-state index contributed by atoms with van der Waals surface area (Å²) in [6, 6.07) is 6.10. The van der Waals surface area contributed by atoms with Crippen molar-refractivity contribution < 1.29 is 14.8 Å². The summed E-state index contributed by atoms with van der Waals surface area (Å²) in [5.41, 5.74) is 5.09. The van der Waals surface area contributed by atoms with Crippen molar-refractivity contribution in [2.45, 2.75) is 12.0 Å². The van der Waals surface area contributed by atoms with Crippen LogP contribution < -0.4 is 10.6 Å². The van der Waals surface area contributed by atoms with E-state index in [1.54, 1.807) is 17.0 Å². The van der Waals surface area contributed by atoms with Crippen molar-refractivity contribution in [3.05, 3.63) is 34.4 Å². The molecule has 0 saturated carbocycles. The third-order valence-electron chi connectivity index (χ3n) is 3.13. The molecule has 1 aromatic rings. The van der Waals surface area contributed by atoms with Crippen LogP contribution in [0.25, 0.3) is 0 Å². The van der Waals surface area contributed by atoms with Gasteiger partial charge in [0.15, 0.2) is 0 Å². The number of nitrogens with zero attached hydrogens (tertiary/aromatic N) is 2. The molecule has 96 valence electrons. The highest BCUT2D eigenvalue weighted by Gasteiger charge is 2.41. The van der Waals surface area contributed by atoms with Gasteiger partial charge in [0, 0.05) is 30.9 Å². The molecule has 2 rings (SSSR count). The molecular formula is C11H13N3O4. The molecule has 18 heavy (non-hydrogen) atoms. The number of hydrogen-bond acceptors (Lipinski definition) is 5. The number of nitrogens with two attached hydrogens (primary N) is 1. The second-order valence-corrected chi connectivity index (χ2v) is 4.41. The molecule has 0 radical (unpaired) electrons. The van der Waals surface area contributed by atoms with Gasteiger partial charge < -0.3 is 15.7 Å². The Labute approximate surface area is 103 Å². The number of benzene rings is 1. The van der Waals surface area contributed by atoms with Crippen molar-refractivity contribution in [1.29, 1.82) is 0 Å². The molecule has 0 bridgehead atoms. The topological polar surface area (TPSA) is 110 Å². The number of aliphatic carboxylic acids is 1. The van der Waals surface area contributed by atoms with E-state index in [0.717, 1.165) is 0 Å². The zero-order chi connectivity index (χ0) is 13.3. The smallest absolute Gasteiger partial charge is 0.325 e. The van der Waals surface area contributed by atoms with Gasteiger partial charge in [0.05, 0.1) is 4.92 Å². The van der Waals surface area contributed by atoms with Gasteiger partial charge in [0.1, 0.15) is 5.54 Å². The minimum atomic E-state index is -1.27. The SMILES string of the molecule is NC1(C(=O)O)CCN(c2cccc([N+](=O)[O-])c2)C1. The van der Waals surface area contributed by atoms with E-state index in [9.17, 15) is 14.9 Å². The number of nitro groups is 1.